The lowest BCUT2D eigenvalue weighted by Crippen LogP contribution is -2.24. The molecule has 5 nitrogen and oxygen atoms in total. The SMILES string of the molecule is CCc1c(N(CC)CC)ccc(C(=O)O)c1OC(C)=O. The quantitative estimate of drug-likeness (QED) is 0.640. The van der Waals surface area contributed by atoms with E-state index in [2.05, 4.69) is 4.90 Å². The average molecular weight is 279 g/mol. The number of esters is 1. The lowest BCUT2D eigenvalue weighted by Gasteiger charge is -2.25. The van der Waals surface area contributed by atoms with Crippen LogP contribution in [0.4, 0.5) is 5.69 Å². The van der Waals surface area contributed by atoms with Crippen LogP contribution in [0.1, 0.15) is 43.6 Å². The summed E-state index contributed by atoms with van der Waals surface area (Å²) in [5, 5.41) is 9.24. The van der Waals surface area contributed by atoms with Crippen LogP contribution in [-0.4, -0.2) is 30.1 Å². The number of rotatable bonds is 6. The Hall–Kier alpha value is -2.04. The molecule has 0 atom stereocenters. The molecule has 0 amide bonds. The van der Waals surface area contributed by atoms with Gasteiger partial charge in [-0.05, 0) is 32.4 Å². The molecule has 0 saturated carbocycles. The van der Waals surface area contributed by atoms with Gasteiger partial charge in [-0.1, -0.05) is 6.92 Å². The summed E-state index contributed by atoms with van der Waals surface area (Å²) in [6, 6.07) is 3.27. The molecule has 0 aliphatic carbocycles. The Labute approximate surface area is 119 Å². The number of hydrogen-bond donors (Lipinski definition) is 1. The smallest absolute Gasteiger partial charge is 0.339 e. The van der Waals surface area contributed by atoms with Gasteiger partial charge in [-0.25, -0.2) is 4.79 Å². The number of nitrogens with zero attached hydrogens (tertiary/aromatic N) is 1. The van der Waals surface area contributed by atoms with Gasteiger partial charge in [-0.15, -0.1) is 0 Å². The van der Waals surface area contributed by atoms with Gasteiger partial charge in [0.25, 0.3) is 0 Å². The van der Waals surface area contributed by atoms with Gasteiger partial charge in [0.05, 0.1) is 0 Å². The van der Waals surface area contributed by atoms with Crippen molar-refractivity contribution in [3.63, 3.8) is 0 Å². The van der Waals surface area contributed by atoms with Crippen LogP contribution >= 0.6 is 0 Å². The number of ether oxygens (including phenoxy) is 1. The highest BCUT2D eigenvalue weighted by Gasteiger charge is 2.21. The van der Waals surface area contributed by atoms with E-state index in [9.17, 15) is 14.7 Å². The Kier molecular flexibility index (Phi) is 5.55. The van der Waals surface area contributed by atoms with E-state index in [1.807, 2.05) is 20.8 Å². The van der Waals surface area contributed by atoms with E-state index in [1.165, 1.54) is 13.0 Å². The molecule has 110 valence electrons. The molecule has 0 bridgehead atoms. The van der Waals surface area contributed by atoms with Gasteiger partial charge in [0.15, 0.2) is 5.75 Å². The molecule has 20 heavy (non-hydrogen) atoms. The Morgan fingerprint density at radius 1 is 1.20 bits per heavy atom. The summed E-state index contributed by atoms with van der Waals surface area (Å²) in [7, 11) is 0. The molecular formula is C15H21NO4. The second-order valence-corrected chi connectivity index (χ2v) is 4.36. The van der Waals surface area contributed by atoms with E-state index in [1.54, 1.807) is 6.07 Å². The molecule has 1 aromatic carbocycles. The number of carboxylic acids is 1. The van der Waals surface area contributed by atoms with E-state index in [0.29, 0.717) is 6.42 Å². The molecule has 0 spiro atoms. The third kappa shape index (κ3) is 3.29. The number of benzene rings is 1. The Balaban J connectivity index is 3.50. The number of aromatic carboxylic acids is 1. The van der Waals surface area contributed by atoms with Crippen molar-refractivity contribution in [2.45, 2.75) is 34.1 Å². The molecule has 0 aliphatic heterocycles. The summed E-state index contributed by atoms with van der Waals surface area (Å²) < 4.78 is 5.16. The minimum absolute atomic E-state index is 0.0213. The van der Waals surface area contributed by atoms with Crippen molar-refractivity contribution in [3.8, 4) is 5.75 Å². The molecule has 0 radical (unpaired) electrons. The second kappa shape index (κ2) is 6.93. The van der Waals surface area contributed by atoms with Crippen LogP contribution in [0.2, 0.25) is 0 Å². The van der Waals surface area contributed by atoms with Crippen LogP contribution in [0, 0.1) is 0 Å². The minimum Gasteiger partial charge on any atom is -0.478 e. The Morgan fingerprint density at radius 2 is 1.80 bits per heavy atom. The number of carbonyl (C=O) groups is 2. The highest BCUT2D eigenvalue weighted by Crippen LogP contribution is 2.34. The molecule has 0 saturated heterocycles. The first kappa shape index (κ1) is 16.0. The third-order valence-corrected chi connectivity index (χ3v) is 3.17. The van der Waals surface area contributed by atoms with Gasteiger partial charge in [0, 0.05) is 31.3 Å². The maximum Gasteiger partial charge on any atom is 0.339 e. The standard InChI is InChI=1S/C15H21NO4/c1-5-11-13(16(6-2)7-3)9-8-12(15(18)19)14(11)20-10(4)17/h8-9H,5-7H2,1-4H3,(H,18,19). The molecule has 0 aliphatic rings. The zero-order valence-corrected chi connectivity index (χ0v) is 12.4. The van der Waals surface area contributed by atoms with Gasteiger partial charge in [0.1, 0.15) is 5.56 Å². The van der Waals surface area contributed by atoms with E-state index < -0.39 is 11.9 Å². The van der Waals surface area contributed by atoms with E-state index >= 15 is 0 Å². The lowest BCUT2D eigenvalue weighted by molar-refractivity contribution is -0.131. The predicted molar refractivity (Wildman–Crippen MR) is 77.6 cm³/mol. The Morgan fingerprint density at radius 3 is 2.20 bits per heavy atom. The van der Waals surface area contributed by atoms with Gasteiger partial charge < -0.3 is 14.7 Å². The number of anilines is 1. The summed E-state index contributed by atoms with van der Waals surface area (Å²) in [6.45, 7) is 8.85. The third-order valence-electron chi connectivity index (χ3n) is 3.17. The Bertz CT molecular complexity index is 507. The van der Waals surface area contributed by atoms with Gasteiger partial charge in [-0.2, -0.15) is 0 Å². The van der Waals surface area contributed by atoms with Crippen LogP contribution in [0.3, 0.4) is 0 Å². The molecule has 0 heterocycles. The normalized spacial score (nSPS) is 10.2. The monoisotopic (exact) mass is 279 g/mol. The van der Waals surface area contributed by atoms with Crippen molar-refractivity contribution in [2.24, 2.45) is 0 Å². The molecule has 1 rings (SSSR count). The fourth-order valence-corrected chi connectivity index (χ4v) is 2.25. The fraction of sp³-hybridized carbons (Fsp3) is 0.467. The predicted octanol–water partition coefficient (Wildman–Crippen LogP) is 2.72. The van der Waals surface area contributed by atoms with E-state index in [0.717, 1.165) is 24.3 Å². The van der Waals surface area contributed by atoms with Crippen LogP contribution in [0.15, 0.2) is 12.1 Å². The van der Waals surface area contributed by atoms with Crippen molar-refractivity contribution < 1.29 is 19.4 Å². The summed E-state index contributed by atoms with van der Waals surface area (Å²) in [5.74, 6) is -1.45. The molecule has 0 aromatic heterocycles. The first-order chi connectivity index (χ1) is 9.46. The molecular weight excluding hydrogens is 258 g/mol. The van der Waals surface area contributed by atoms with Gasteiger partial charge in [-0.3, -0.25) is 4.79 Å². The fourth-order valence-electron chi connectivity index (χ4n) is 2.25. The number of carbonyl (C=O) groups excluding carboxylic acids is 1. The number of hydrogen-bond acceptors (Lipinski definition) is 4. The van der Waals surface area contributed by atoms with Crippen LogP contribution in [-0.2, 0) is 11.2 Å². The zero-order chi connectivity index (χ0) is 15.3. The van der Waals surface area contributed by atoms with Gasteiger partial charge >= 0.3 is 11.9 Å². The first-order valence-corrected chi connectivity index (χ1v) is 6.78. The van der Waals surface area contributed by atoms with E-state index in [4.69, 9.17) is 4.74 Å². The number of carboxylic acid groups (broad SMARTS) is 1. The van der Waals surface area contributed by atoms with Crippen LogP contribution in [0.5, 0.6) is 5.75 Å². The van der Waals surface area contributed by atoms with E-state index in [-0.39, 0.29) is 11.3 Å². The summed E-state index contributed by atoms with van der Waals surface area (Å²) in [5.41, 5.74) is 1.69. The molecule has 5 heteroatoms. The van der Waals surface area contributed by atoms with Crippen molar-refractivity contribution >= 4 is 17.6 Å². The lowest BCUT2D eigenvalue weighted by atomic mass is 10.0. The zero-order valence-electron chi connectivity index (χ0n) is 12.4. The maximum absolute atomic E-state index is 11.3. The second-order valence-electron chi connectivity index (χ2n) is 4.36. The van der Waals surface area contributed by atoms with Crippen LogP contribution < -0.4 is 9.64 Å². The summed E-state index contributed by atoms with van der Waals surface area (Å²) in [4.78, 5) is 24.6. The van der Waals surface area contributed by atoms with Crippen molar-refractivity contribution in [2.75, 3.05) is 18.0 Å². The molecule has 1 N–H and O–H groups in total. The van der Waals surface area contributed by atoms with Crippen molar-refractivity contribution in [1.29, 1.82) is 0 Å². The maximum atomic E-state index is 11.3. The molecule has 0 fully saturated rings. The highest BCUT2D eigenvalue weighted by molar-refractivity contribution is 5.93. The highest BCUT2D eigenvalue weighted by atomic mass is 16.5. The van der Waals surface area contributed by atoms with Crippen molar-refractivity contribution in [1.82, 2.24) is 0 Å². The van der Waals surface area contributed by atoms with Crippen LogP contribution in [0.25, 0.3) is 0 Å². The van der Waals surface area contributed by atoms with Crippen molar-refractivity contribution in [3.05, 3.63) is 23.3 Å². The average Bonchev–Trinajstić information content (AvgIpc) is 2.39. The molecule has 0 unspecified atom stereocenters. The molecule has 1 aromatic rings. The topological polar surface area (TPSA) is 66.8 Å². The minimum atomic E-state index is -1.10. The largest absolute Gasteiger partial charge is 0.478 e. The van der Waals surface area contributed by atoms with Gasteiger partial charge in [0.2, 0.25) is 0 Å². The first-order valence-electron chi connectivity index (χ1n) is 6.78. The summed E-state index contributed by atoms with van der Waals surface area (Å²) in [6.07, 6.45) is 0.593. The summed E-state index contributed by atoms with van der Waals surface area (Å²) >= 11 is 0.